The predicted molar refractivity (Wildman–Crippen MR) is 194 cm³/mol. The highest BCUT2D eigenvalue weighted by molar-refractivity contribution is 6.64. The lowest BCUT2D eigenvalue weighted by Gasteiger charge is -2.30. The number of hydrogen-bond acceptors (Lipinski definition) is 0. The Bertz CT molecular complexity index is 1550. The van der Waals surface area contributed by atoms with Gasteiger partial charge in [-0.3, -0.25) is 0 Å². The largest absolute Gasteiger partial charge is 0.0726 e. The lowest BCUT2D eigenvalue weighted by atomic mass is 9.84. The van der Waals surface area contributed by atoms with Crippen molar-refractivity contribution in [2.75, 3.05) is 0 Å². The van der Waals surface area contributed by atoms with Crippen LogP contribution in [0.1, 0.15) is 89.5 Å². The van der Waals surface area contributed by atoms with Crippen molar-refractivity contribution in [1.29, 1.82) is 0 Å². The summed E-state index contributed by atoms with van der Waals surface area (Å²) >= 11 is 0. The highest BCUT2D eigenvalue weighted by Crippen LogP contribution is 2.53. The molecule has 0 aromatic heterocycles. The fourth-order valence-corrected chi connectivity index (χ4v) is 12.0. The van der Waals surface area contributed by atoms with Gasteiger partial charge < -0.3 is 0 Å². The first-order valence-corrected chi connectivity index (χ1v) is 19.1. The van der Waals surface area contributed by atoms with Crippen LogP contribution in [0.15, 0.2) is 143 Å². The Morgan fingerprint density at radius 1 is 0.500 bits per heavy atom. The van der Waals surface area contributed by atoms with Crippen molar-refractivity contribution in [2.45, 2.75) is 95.7 Å². The van der Waals surface area contributed by atoms with Crippen molar-refractivity contribution in [2.24, 2.45) is 0 Å². The van der Waals surface area contributed by atoms with Gasteiger partial charge in [-0.2, -0.15) is 0 Å². The van der Waals surface area contributed by atoms with Gasteiger partial charge >= 0.3 is 0 Å². The first-order valence-electron chi connectivity index (χ1n) is 16.6. The first kappa shape index (κ1) is 30.6. The molecular weight excluding hydrogens is 545 g/mol. The highest BCUT2D eigenvalue weighted by Gasteiger charge is 2.40. The molecule has 0 N–H and O–H groups in total. The zero-order chi connectivity index (χ0) is 31.4. The van der Waals surface area contributed by atoms with Crippen LogP contribution in [0.3, 0.4) is 0 Å². The summed E-state index contributed by atoms with van der Waals surface area (Å²) in [7, 11) is -1.37. The highest BCUT2D eigenvalue weighted by atomic mass is 28.3. The van der Waals surface area contributed by atoms with Crippen LogP contribution in [0.5, 0.6) is 0 Å². The summed E-state index contributed by atoms with van der Waals surface area (Å²) in [5, 5.41) is 0. The normalized spacial score (nSPS) is 25.5. The van der Waals surface area contributed by atoms with E-state index in [2.05, 4.69) is 171 Å². The minimum Gasteiger partial charge on any atom is -0.0726 e. The summed E-state index contributed by atoms with van der Waals surface area (Å²) in [6, 6.07) is 18.8. The number of rotatable bonds is 4. The van der Waals surface area contributed by atoms with Crippen LogP contribution in [0.2, 0.25) is 17.6 Å². The van der Waals surface area contributed by atoms with Gasteiger partial charge in [0.2, 0.25) is 0 Å². The molecule has 0 fully saturated rings. The van der Waals surface area contributed by atoms with Crippen molar-refractivity contribution < 1.29 is 0 Å². The molecule has 0 heterocycles. The van der Waals surface area contributed by atoms with Crippen molar-refractivity contribution in [3.63, 3.8) is 0 Å². The molecule has 2 aromatic rings. The minimum atomic E-state index is -1.37. The monoisotopic (exact) mass is 594 g/mol. The molecule has 4 unspecified atom stereocenters. The summed E-state index contributed by atoms with van der Waals surface area (Å²) < 4.78 is 0. The molecule has 2 aromatic carbocycles. The van der Waals surface area contributed by atoms with Gasteiger partial charge in [0.15, 0.2) is 0 Å². The first-order chi connectivity index (χ1) is 20.8. The van der Waals surface area contributed by atoms with Crippen molar-refractivity contribution in [1.82, 2.24) is 0 Å². The number of benzene rings is 2. The Balaban J connectivity index is 1.34. The van der Waals surface area contributed by atoms with E-state index in [0.717, 1.165) is 0 Å². The molecule has 4 aliphatic rings. The van der Waals surface area contributed by atoms with E-state index in [4.69, 9.17) is 0 Å². The van der Waals surface area contributed by atoms with Gasteiger partial charge in [0, 0.05) is 11.8 Å². The standard InChI is InChI=1S/C43H50Si/c1-28-26-38-34(30-18-22-32(23-19-30)42(3,4)5)14-10-12-16-36(38)40(28)44(9)41-29(2)27-39-35(15-11-13-17-37(39)41)31-20-24-33(25-21-31)43(6,7)8/h10-27,34-35,40-41,44H,1-9H3. The molecule has 226 valence electrons. The van der Waals surface area contributed by atoms with Gasteiger partial charge in [-0.25, -0.2) is 0 Å². The molecule has 0 nitrogen and oxygen atoms in total. The van der Waals surface area contributed by atoms with Crippen LogP contribution in [-0.4, -0.2) is 8.80 Å². The second-order valence-electron chi connectivity index (χ2n) is 15.6. The van der Waals surface area contributed by atoms with E-state index < -0.39 is 8.80 Å². The molecule has 44 heavy (non-hydrogen) atoms. The molecule has 0 radical (unpaired) electrons. The maximum atomic E-state index is 2.63. The summed E-state index contributed by atoms with van der Waals surface area (Å²) in [6.45, 7) is 21.2. The SMILES string of the molecule is CC1=CC2=C(C=CC=CC2c2ccc(C(C)(C)C)cc2)C1[SiH](C)C1C(C)=CC2=C1C=CC=CC2c1ccc(C(C)(C)C)cc1. The van der Waals surface area contributed by atoms with E-state index >= 15 is 0 Å². The van der Waals surface area contributed by atoms with Gasteiger partial charge in [0.05, 0.1) is 8.80 Å². The van der Waals surface area contributed by atoms with Crippen molar-refractivity contribution in [3.8, 4) is 0 Å². The van der Waals surface area contributed by atoms with E-state index in [-0.39, 0.29) is 10.8 Å². The van der Waals surface area contributed by atoms with E-state index in [1.807, 2.05) is 0 Å². The Labute approximate surface area is 268 Å². The molecule has 0 aliphatic heterocycles. The van der Waals surface area contributed by atoms with Crippen LogP contribution in [0.4, 0.5) is 0 Å². The van der Waals surface area contributed by atoms with Gasteiger partial charge in [-0.1, -0.05) is 169 Å². The fraction of sp³-hybridized carbons (Fsp3) is 0.349. The summed E-state index contributed by atoms with van der Waals surface area (Å²) in [4.78, 5) is 0. The fourth-order valence-electron chi connectivity index (χ4n) is 8.05. The molecule has 0 amide bonds. The third-order valence-corrected chi connectivity index (χ3v) is 14.3. The molecule has 0 saturated heterocycles. The van der Waals surface area contributed by atoms with E-state index in [9.17, 15) is 0 Å². The molecular formula is C43H50Si. The summed E-state index contributed by atoms with van der Waals surface area (Å²) in [5.74, 6) is 0.597. The summed E-state index contributed by atoms with van der Waals surface area (Å²) in [5.41, 5.74) is 16.2. The average molecular weight is 595 g/mol. The van der Waals surface area contributed by atoms with Crippen molar-refractivity contribution >= 4 is 8.80 Å². The minimum absolute atomic E-state index is 0.164. The Kier molecular flexibility index (Phi) is 7.99. The van der Waals surface area contributed by atoms with E-state index in [1.54, 1.807) is 22.3 Å². The Morgan fingerprint density at radius 2 is 0.864 bits per heavy atom. The zero-order valence-corrected chi connectivity index (χ0v) is 29.4. The topological polar surface area (TPSA) is 0 Å². The molecule has 0 bridgehead atoms. The molecule has 4 aliphatic carbocycles. The van der Waals surface area contributed by atoms with Crippen LogP contribution in [0, 0.1) is 0 Å². The van der Waals surface area contributed by atoms with Crippen LogP contribution in [-0.2, 0) is 10.8 Å². The van der Waals surface area contributed by atoms with E-state index in [0.29, 0.717) is 22.9 Å². The number of allylic oxidation sites excluding steroid dienone is 16. The third kappa shape index (κ3) is 5.61. The van der Waals surface area contributed by atoms with E-state index in [1.165, 1.54) is 33.4 Å². The quantitative estimate of drug-likeness (QED) is 0.309. The predicted octanol–water partition coefficient (Wildman–Crippen LogP) is 11.5. The molecule has 0 spiro atoms. The average Bonchev–Trinajstić information content (AvgIpc) is 3.28. The molecule has 6 rings (SSSR count). The smallest absolute Gasteiger partial charge is 0.0598 e. The van der Waals surface area contributed by atoms with Gasteiger partial charge in [0.25, 0.3) is 0 Å². The number of hydrogen-bond donors (Lipinski definition) is 0. The Hall–Kier alpha value is -3.42. The van der Waals surface area contributed by atoms with Crippen molar-refractivity contribution in [3.05, 3.63) is 165 Å². The lowest BCUT2D eigenvalue weighted by Crippen LogP contribution is -2.25. The van der Waals surface area contributed by atoms with Gasteiger partial charge in [-0.15, -0.1) is 0 Å². The molecule has 0 saturated carbocycles. The molecule has 1 heteroatoms. The second-order valence-corrected chi connectivity index (χ2v) is 18.7. The maximum absolute atomic E-state index is 2.63. The third-order valence-electron chi connectivity index (χ3n) is 10.5. The van der Waals surface area contributed by atoms with Gasteiger partial charge in [0.1, 0.15) is 0 Å². The summed E-state index contributed by atoms with van der Waals surface area (Å²) in [6.07, 6.45) is 23.9. The Morgan fingerprint density at radius 3 is 1.20 bits per heavy atom. The lowest BCUT2D eigenvalue weighted by molar-refractivity contribution is 0.589. The van der Waals surface area contributed by atoms with Gasteiger partial charge in [-0.05, 0) is 80.3 Å². The zero-order valence-electron chi connectivity index (χ0n) is 28.3. The maximum Gasteiger partial charge on any atom is 0.0598 e. The second kappa shape index (κ2) is 11.5. The van der Waals surface area contributed by atoms with Crippen LogP contribution >= 0.6 is 0 Å². The van der Waals surface area contributed by atoms with Crippen LogP contribution < -0.4 is 0 Å². The molecule has 4 atom stereocenters. The van der Waals surface area contributed by atoms with Crippen LogP contribution in [0.25, 0.3) is 0 Å².